The lowest BCUT2D eigenvalue weighted by atomic mass is 9.60. The second kappa shape index (κ2) is 2.03. The van der Waals surface area contributed by atoms with Crippen LogP contribution in [0, 0.1) is 5.92 Å². The van der Waals surface area contributed by atoms with Crippen molar-refractivity contribution in [1.82, 2.24) is 0 Å². The summed E-state index contributed by atoms with van der Waals surface area (Å²) in [5.74, 6) is 0.753. The molecule has 0 radical (unpaired) electrons. The van der Waals surface area contributed by atoms with Gasteiger partial charge in [-0.05, 0) is 17.5 Å². The van der Waals surface area contributed by atoms with Crippen molar-refractivity contribution in [2.24, 2.45) is 5.92 Å². The van der Waals surface area contributed by atoms with Crippen molar-refractivity contribution >= 4 is 5.78 Å². The fourth-order valence-corrected chi connectivity index (χ4v) is 2.93. The van der Waals surface area contributed by atoms with Gasteiger partial charge in [0.1, 0.15) is 5.78 Å². The lowest BCUT2D eigenvalue weighted by Crippen LogP contribution is -2.47. The van der Waals surface area contributed by atoms with Crippen LogP contribution in [0.3, 0.4) is 0 Å². The maximum Gasteiger partial charge on any atom is 0.138 e. The second-order valence-electron chi connectivity index (χ2n) is 4.47. The largest absolute Gasteiger partial charge is 0.299 e. The molecule has 1 aromatic carbocycles. The van der Waals surface area contributed by atoms with E-state index >= 15 is 0 Å². The number of carbonyl (C=O) groups excluding carboxylic acids is 1. The van der Waals surface area contributed by atoms with E-state index in [4.69, 9.17) is 0 Å². The first-order chi connectivity index (χ1) is 6.22. The molecular formula is C12H12O. The van der Waals surface area contributed by atoms with Gasteiger partial charge < -0.3 is 0 Å². The summed E-state index contributed by atoms with van der Waals surface area (Å²) in [5, 5.41) is 0. The van der Waals surface area contributed by atoms with Crippen LogP contribution in [0.25, 0.3) is 0 Å². The van der Waals surface area contributed by atoms with Gasteiger partial charge in [0.2, 0.25) is 0 Å². The molecule has 0 aromatic heterocycles. The average molecular weight is 172 g/mol. The standard InChI is InChI=1S/C12H12O/c1-12-7-11(13)10(12)6-8-4-2-3-5-9(8)12/h2-5,10H,6-7H2,1H3. The van der Waals surface area contributed by atoms with Gasteiger partial charge in [-0.1, -0.05) is 31.2 Å². The summed E-state index contributed by atoms with van der Waals surface area (Å²) in [6.45, 7) is 2.23. The fraction of sp³-hybridized carbons (Fsp3) is 0.417. The first-order valence-corrected chi connectivity index (χ1v) is 4.83. The van der Waals surface area contributed by atoms with Crippen molar-refractivity contribution in [2.45, 2.75) is 25.2 Å². The van der Waals surface area contributed by atoms with Gasteiger partial charge in [0.15, 0.2) is 0 Å². The molecule has 0 amide bonds. The molecule has 2 atom stereocenters. The summed E-state index contributed by atoms with van der Waals surface area (Å²) in [5.41, 5.74) is 2.99. The Morgan fingerprint density at radius 3 is 2.92 bits per heavy atom. The van der Waals surface area contributed by atoms with Crippen LogP contribution in [0.2, 0.25) is 0 Å². The summed E-state index contributed by atoms with van der Waals surface area (Å²) < 4.78 is 0. The van der Waals surface area contributed by atoms with E-state index in [0.717, 1.165) is 12.8 Å². The summed E-state index contributed by atoms with van der Waals surface area (Å²) >= 11 is 0. The summed E-state index contributed by atoms with van der Waals surface area (Å²) in [6, 6.07) is 8.49. The van der Waals surface area contributed by atoms with Crippen molar-refractivity contribution in [3.63, 3.8) is 0 Å². The molecule has 2 aliphatic carbocycles. The van der Waals surface area contributed by atoms with Crippen molar-refractivity contribution in [3.8, 4) is 0 Å². The topological polar surface area (TPSA) is 17.1 Å². The van der Waals surface area contributed by atoms with E-state index in [2.05, 4.69) is 31.2 Å². The van der Waals surface area contributed by atoms with Crippen LogP contribution >= 0.6 is 0 Å². The van der Waals surface area contributed by atoms with Crippen LogP contribution in [0.4, 0.5) is 0 Å². The fourth-order valence-electron chi connectivity index (χ4n) is 2.93. The molecule has 1 nitrogen and oxygen atoms in total. The third-order valence-electron chi connectivity index (χ3n) is 3.76. The minimum absolute atomic E-state index is 0.188. The summed E-state index contributed by atoms with van der Waals surface area (Å²) in [6.07, 6.45) is 1.74. The number of carbonyl (C=O) groups is 1. The van der Waals surface area contributed by atoms with Gasteiger partial charge in [0.25, 0.3) is 0 Å². The number of ketones is 1. The number of fused-ring (bicyclic) bond motifs is 3. The highest BCUT2D eigenvalue weighted by Crippen LogP contribution is 2.53. The van der Waals surface area contributed by atoms with Crippen LogP contribution < -0.4 is 0 Å². The van der Waals surface area contributed by atoms with Gasteiger partial charge in [-0.2, -0.15) is 0 Å². The molecule has 0 aliphatic heterocycles. The molecule has 13 heavy (non-hydrogen) atoms. The highest BCUT2D eigenvalue weighted by atomic mass is 16.1. The Morgan fingerprint density at radius 1 is 1.38 bits per heavy atom. The smallest absolute Gasteiger partial charge is 0.138 e. The van der Waals surface area contributed by atoms with E-state index in [1.165, 1.54) is 11.1 Å². The van der Waals surface area contributed by atoms with Crippen LogP contribution in [0.5, 0.6) is 0 Å². The predicted octanol–water partition coefficient (Wildman–Crippen LogP) is 2.09. The maximum atomic E-state index is 11.4. The first kappa shape index (κ1) is 7.31. The molecule has 0 bridgehead atoms. The molecule has 0 heterocycles. The van der Waals surface area contributed by atoms with Crippen LogP contribution in [-0.2, 0) is 16.6 Å². The lowest BCUT2D eigenvalue weighted by Gasteiger charge is -2.41. The van der Waals surface area contributed by atoms with Gasteiger partial charge in [0, 0.05) is 17.8 Å². The van der Waals surface area contributed by atoms with Gasteiger partial charge >= 0.3 is 0 Å². The van der Waals surface area contributed by atoms with Crippen molar-refractivity contribution < 1.29 is 4.79 Å². The number of Topliss-reactive ketones (excluding diaryl/α,β-unsaturated/α-hetero) is 1. The third-order valence-corrected chi connectivity index (χ3v) is 3.76. The van der Waals surface area contributed by atoms with Crippen molar-refractivity contribution in [2.75, 3.05) is 0 Å². The molecule has 1 heteroatoms. The molecule has 1 saturated carbocycles. The van der Waals surface area contributed by atoms with E-state index in [1.807, 2.05) is 0 Å². The summed E-state index contributed by atoms with van der Waals surface area (Å²) in [7, 11) is 0. The third kappa shape index (κ3) is 0.707. The van der Waals surface area contributed by atoms with Crippen LogP contribution in [0.15, 0.2) is 24.3 Å². The quantitative estimate of drug-likeness (QED) is 0.585. The van der Waals surface area contributed by atoms with E-state index in [-0.39, 0.29) is 5.41 Å². The minimum atomic E-state index is 0.188. The van der Waals surface area contributed by atoms with Gasteiger partial charge in [0.05, 0.1) is 0 Å². The Morgan fingerprint density at radius 2 is 2.15 bits per heavy atom. The van der Waals surface area contributed by atoms with E-state index in [0.29, 0.717) is 11.7 Å². The summed E-state index contributed by atoms with van der Waals surface area (Å²) in [4.78, 5) is 11.4. The monoisotopic (exact) mass is 172 g/mol. The van der Waals surface area contributed by atoms with E-state index in [1.54, 1.807) is 0 Å². The zero-order valence-electron chi connectivity index (χ0n) is 7.71. The molecule has 2 unspecified atom stereocenters. The van der Waals surface area contributed by atoms with Gasteiger partial charge in [-0.15, -0.1) is 0 Å². The second-order valence-corrected chi connectivity index (χ2v) is 4.47. The molecule has 0 spiro atoms. The highest BCUT2D eigenvalue weighted by molar-refractivity contribution is 5.93. The number of hydrogen-bond donors (Lipinski definition) is 0. The molecule has 0 saturated heterocycles. The van der Waals surface area contributed by atoms with Crippen molar-refractivity contribution in [1.29, 1.82) is 0 Å². The number of rotatable bonds is 0. The van der Waals surface area contributed by atoms with Crippen LogP contribution in [-0.4, -0.2) is 5.78 Å². The predicted molar refractivity (Wildman–Crippen MR) is 50.6 cm³/mol. The average Bonchev–Trinajstić information content (AvgIpc) is 2.36. The lowest BCUT2D eigenvalue weighted by molar-refractivity contribution is -0.134. The molecule has 3 rings (SSSR count). The minimum Gasteiger partial charge on any atom is -0.299 e. The Balaban J connectivity index is 2.17. The number of benzene rings is 1. The highest BCUT2D eigenvalue weighted by Gasteiger charge is 2.55. The van der Waals surface area contributed by atoms with E-state index in [9.17, 15) is 4.79 Å². The molecular weight excluding hydrogens is 160 g/mol. The molecule has 0 N–H and O–H groups in total. The molecule has 1 fully saturated rings. The Kier molecular flexibility index (Phi) is 1.14. The number of hydrogen-bond acceptors (Lipinski definition) is 1. The Bertz CT molecular complexity index is 394. The normalized spacial score (nSPS) is 35.2. The Labute approximate surface area is 77.8 Å². The zero-order valence-corrected chi connectivity index (χ0v) is 7.71. The first-order valence-electron chi connectivity index (χ1n) is 4.83. The zero-order chi connectivity index (χ0) is 9.05. The Hall–Kier alpha value is -1.11. The SMILES string of the molecule is CC12CC(=O)C1Cc1ccccc12. The van der Waals surface area contributed by atoms with Gasteiger partial charge in [-0.25, -0.2) is 0 Å². The maximum absolute atomic E-state index is 11.4. The molecule has 1 aromatic rings. The van der Waals surface area contributed by atoms with Crippen LogP contribution in [0.1, 0.15) is 24.5 Å². The van der Waals surface area contributed by atoms with Crippen molar-refractivity contribution in [3.05, 3.63) is 35.4 Å². The molecule has 66 valence electrons. The van der Waals surface area contributed by atoms with Gasteiger partial charge in [-0.3, -0.25) is 4.79 Å². The van der Waals surface area contributed by atoms with E-state index < -0.39 is 0 Å². The molecule has 2 aliphatic rings.